The van der Waals surface area contributed by atoms with Gasteiger partial charge in [0, 0.05) is 17.1 Å². The minimum atomic E-state index is 0.210. The fraction of sp³-hybridized carbons (Fsp3) is 0.231. The lowest BCUT2D eigenvalue weighted by molar-refractivity contribution is 0.967. The second-order valence-electron chi connectivity index (χ2n) is 4.17. The van der Waals surface area contributed by atoms with Gasteiger partial charge in [-0.1, -0.05) is 34.5 Å². The van der Waals surface area contributed by atoms with Crippen LogP contribution in [-0.2, 0) is 0 Å². The molecule has 0 unspecified atom stereocenters. The number of nitrogens with zero attached hydrogens (tertiary/aromatic N) is 2. The van der Waals surface area contributed by atoms with E-state index in [9.17, 15) is 0 Å². The van der Waals surface area contributed by atoms with Crippen LogP contribution in [0, 0.1) is 0 Å². The molecule has 0 saturated carbocycles. The van der Waals surface area contributed by atoms with Gasteiger partial charge in [0.05, 0.1) is 10.7 Å². The molecule has 1 heterocycles. The van der Waals surface area contributed by atoms with Crippen LogP contribution < -0.4 is 16.4 Å². The van der Waals surface area contributed by atoms with Crippen LogP contribution in [0.4, 0.5) is 23.3 Å². The third kappa shape index (κ3) is 3.98. The maximum atomic E-state index is 6.16. The summed E-state index contributed by atoms with van der Waals surface area (Å²) < 4.78 is 0.917. The molecule has 7 heteroatoms. The maximum absolute atomic E-state index is 6.16. The van der Waals surface area contributed by atoms with Crippen molar-refractivity contribution in [2.24, 2.45) is 0 Å². The van der Waals surface area contributed by atoms with Crippen molar-refractivity contribution in [3.63, 3.8) is 0 Å². The predicted molar refractivity (Wildman–Crippen MR) is 87.7 cm³/mol. The van der Waals surface area contributed by atoms with Crippen molar-refractivity contribution in [1.82, 2.24) is 9.97 Å². The fourth-order valence-electron chi connectivity index (χ4n) is 1.60. The smallest absolute Gasteiger partial charge is 0.223 e. The topological polar surface area (TPSA) is 75.9 Å². The molecule has 4 N–H and O–H groups in total. The Kier molecular flexibility index (Phi) is 5.03. The highest BCUT2D eigenvalue weighted by atomic mass is 79.9. The summed E-state index contributed by atoms with van der Waals surface area (Å²) in [5.41, 5.74) is 6.46. The Morgan fingerprint density at radius 1 is 1.25 bits per heavy atom. The highest BCUT2D eigenvalue weighted by Crippen LogP contribution is 2.28. The molecule has 0 spiro atoms. The van der Waals surface area contributed by atoms with Gasteiger partial charge in [-0.3, -0.25) is 0 Å². The van der Waals surface area contributed by atoms with Gasteiger partial charge in [0.1, 0.15) is 11.6 Å². The maximum Gasteiger partial charge on any atom is 0.223 e. The second-order valence-corrected chi connectivity index (χ2v) is 5.50. The number of nitrogens with one attached hydrogen (secondary N) is 2. The van der Waals surface area contributed by atoms with Gasteiger partial charge < -0.3 is 16.4 Å². The summed E-state index contributed by atoms with van der Waals surface area (Å²) in [6.07, 6.45) is 1.01. The number of nitrogen functional groups attached to an aromatic ring is 1. The number of anilines is 4. The van der Waals surface area contributed by atoms with Crippen molar-refractivity contribution in [2.75, 3.05) is 22.9 Å². The van der Waals surface area contributed by atoms with Gasteiger partial charge in [-0.05, 0) is 24.6 Å². The molecule has 2 rings (SSSR count). The fourth-order valence-corrected chi connectivity index (χ4v) is 2.32. The molecule has 0 aliphatic carbocycles. The van der Waals surface area contributed by atoms with Crippen LogP contribution in [0.1, 0.15) is 13.3 Å². The van der Waals surface area contributed by atoms with E-state index in [1.807, 2.05) is 18.2 Å². The first kappa shape index (κ1) is 14.9. The zero-order chi connectivity index (χ0) is 14.5. The molecule has 0 bridgehead atoms. The van der Waals surface area contributed by atoms with Gasteiger partial charge in [-0.15, -0.1) is 0 Å². The van der Waals surface area contributed by atoms with Crippen molar-refractivity contribution in [3.8, 4) is 0 Å². The van der Waals surface area contributed by atoms with Crippen LogP contribution in [0.2, 0.25) is 5.02 Å². The van der Waals surface area contributed by atoms with E-state index in [0.717, 1.165) is 23.1 Å². The Labute approximate surface area is 131 Å². The summed E-state index contributed by atoms with van der Waals surface area (Å²) in [6, 6.07) is 7.37. The summed E-state index contributed by atoms with van der Waals surface area (Å²) in [6.45, 7) is 2.91. The molecule has 106 valence electrons. The molecular formula is C13H15BrClN5. The number of rotatable bonds is 5. The van der Waals surface area contributed by atoms with Crippen LogP contribution >= 0.6 is 27.5 Å². The number of hydrogen-bond acceptors (Lipinski definition) is 5. The first-order chi connectivity index (χ1) is 9.58. The minimum absolute atomic E-state index is 0.210. The lowest BCUT2D eigenvalue weighted by atomic mass is 10.3. The van der Waals surface area contributed by atoms with Crippen LogP contribution in [0.25, 0.3) is 0 Å². The van der Waals surface area contributed by atoms with E-state index in [2.05, 4.69) is 43.5 Å². The number of benzene rings is 1. The van der Waals surface area contributed by atoms with Crippen LogP contribution in [0.3, 0.4) is 0 Å². The van der Waals surface area contributed by atoms with E-state index < -0.39 is 0 Å². The van der Waals surface area contributed by atoms with Crippen molar-refractivity contribution >= 4 is 50.8 Å². The van der Waals surface area contributed by atoms with Gasteiger partial charge in [0.25, 0.3) is 0 Å². The second kappa shape index (κ2) is 6.76. The molecule has 2 aromatic rings. The largest absolute Gasteiger partial charge is 0.370 e. The Balaban J connectivity index is 2.21. The zero-order valence-electron chi connectivity index (χ0n) is 11.0. The molecule has 1 aromatic heterocycles. The summed E-state index contributed by atoms with van der Waals surface area (Å²) in [5.74, 6) is 1.50. The van der Waals surface area contributed by atoms with E-state index in [0.29, 0.717) is 16.7 Å². The Hall–Kier alpha value is -1.53. The number of nitrogens with two attached hydrogens (primary N) is 1. The van der Waals surface area contributed by atoms with Crippen molar-refractivity contribution in [1.29, 1.82) is 0 Å². The van der Waals surface area contributed by atoms with Crippen LogP contribution in [0.15, 0.2) is 28.7 Å². The van der Waals surface area contributed by atoms with Crippen LogP contribution in [-0.4, -0.2) is 16.5 Å². The van der Waals surface area contributed by atoms with E-state index in [4.69, 9.17) is 17.3 Å². The first-order valence-corrected chi connectivity index (χ1v) is 7.36. The molecule has 0 amide bonds. The first-order valence-electron chi connectivity index (χ1n) is 6.19. The lowest BCUT2D eigenvalue weighted by Crippen LogP contribution is -2.06. The summed E-state index contributed by atoms with van der Waals surface area (Å²) in [7, 11) is 0. The van der Waals surface area contributed by atoms with Crippen molar-refractivity contribution in [3.05, 3.63) is 33.8 Å². The molecule has 0 fully saturated rings. The van der Waals surface area contributed by atoms with Gasteiger partial charge in [-0.25, -0.2) is 0 Å². The normalized spacial score (nSPS) is 10.3. The van der Waals surface area contributed by atoms with E-state index in [1.54, 1.807) is 6.07 Å². The molecule has 20 heavy (non-hydrogen) atoms. The highest BCUT2D eigenvalue weighted by molar-refractivity contribution is 9.10. The summed E-state index contributed by atoms with van der Waals surface area (Å²) >= 11 is 9.53. The van der Waals surface area contributed by atoms with Crippen LogP contribution in [0.5, 0.6) is 0 Å². The van der Waals surface area contributed by atoms with Gasteiger partial charge >= 0.3 is 0 Å². The average molecular weight is 357 g/mol. The molecule has 0 aliphatic rings. The highest BCUT2D eigenvalue weighted by Gasteiger charge is 2.05. The standard InChI is InChI=1S/C13H15BrClN5/c1-2-5-17-11-7-12(20-13(16)19-11)18-10-4-3-8(14)6-9(10)15/h3-4,6-7H,2,5H2,1H3,(H4,16,17,18,19,20). The van der Waals surface area contributed by atoms with Gasteiger partial charge in [-0.2, -0.15) is 9.97 Å². The zero-order valence-corrected chi connectivity index (χ0v) is 13.3. The Morgan fingerprint density at radius 2 is 2.00 bits per heavy atom. The molecular weight excluding hydrogens is 342 g/mol. The van der Waals surface area contributed by atoms with Gasteiger partial charge in [0.15, 0.2) is 0 Å². The molecule has 0 saturated heterocycles. The third-order valence-corrected chi connectivity index (χ3v) is 3.30. The summed E-state index contributed by atoms with van der Waals surface area (Å²) in [4.78, 5) is 8.27. The SMILES string of the molecule is CCCNc1cc(Nc2ccc(Br)cc2Cl)nc(N)n1. The van der Waals surface area contributed by atoms with E-state index >= 15 is 0 Å². The third-order valence-electron chi connectivity index (χ3n) is 2.49. The van der Waals surface area contributed by atoms with E-state index in [1.165, 1.54) is 0 Å². The monoisotopic (exact) mass is 355 g/mol. The Morgan fingerprint density at radius 3 is 2.70 bits per heavy atom. The summed E-state index contributed by atoms with van der Waals surface area (Å²) in [5, 5.41) is 6.90. The predicted octanol–water partition coefficient (Wildman–Crippen LogP) is 4.04. The van der Waals surface area contributed by atoms with Crippen molar-refractivity contribution in [2.45, 2.75) is 13.3 Å². The molecule has 5 nitrogen and oxygen atoms in total. The average Bonchev–Trinajstić information content (AvgIpc) is 2.39. The molecule has 0 atom stereocenters. The minimum Gasteiger partial charge on any atom is -0.370 e. The Bertz CT molecular complexity index is 605. The molecule has 1 aromatic carbocycles. The molecule has 0 aliphatic heterocycles. The lowest BCUT2D eigenvalue weighted by Gasteiger charge is -2.10. The molecule has 0 radical (unpaired) electrons. The van der Waals surface area contributed by atoms with E-state index in [-0.39, 0.29) is 5.95 Å². The van der Waals surface area contributed by atoms with Gasteiger partial charge in [0.2, 0.25) is 5.95 Å². The number of aromatic nitrogens is 2. The quantitative estimate of drug-likeness (QED) is 0.754. The number of halogens is 2. The van der Waals surface area contributed by atoms with Crippen molar-refractivity contribution < 1.29 is 0 Å². The number of hydrogen-bond donors (Lipinski definition) is 3.